The molecule has 1 aliphatic rings. The van der Waals surface area contributed by atoms with Crippen molar-refractivity contribution in [2.75, 3.05) is 13.1 Å². The zero-order chi connectivity index (χ0) is 7.40. The number of hydrogen-bond donors (Lipinski definition) is 2. The number of carbonyl (C=O) groups excluding carboxylic acids is 1. The number of likely N-dealkylation sites (N-methyl/N-ethyl adjacent to an activating group) is 1. The van der Waals surface area contributed by atoms with Crippen LogP contribution in [-0.4, -0.2) is 25.0 Å². The van der Waals surface area contributed by atoms with Crippen molar-refractivity contribution in [2.24, 2.45) is 0 Å². The molecule has 0 atom stereocenters. The molecule has 1 aliphatic carbocycles. The smallest absolute Gasteiger partial charge is 0.275 e. The Balaban J connectivity index is 1.97. The van der Waals surface area contributed by atoms with E-state index < -0.39 is 0 Å². The molecule has 0 radical (unpaired) electrons. The molecule has 3 heteroatoms. The highest BCUT2D eigenvalue weighted by Gasteiger charge is 2.23. The number of amides is 1. The van der Waals surface area contributed by atoms with Gasteiger partial charge in [0.15, 0.2) is 6.54 Å². The van der Waals surface area contributed by atoms with E-state index in [1.165, 1.54) is 12.8 Å². The first kappa shape index (κ1) is 7.54. The molecule has 1 fully saturated rings. The molecular formula is C7H15N2O+. The molecule has 0 heterocycles. The van der Waals surface area contributed by atoms with E-state index in [4.69, 9.17) is 0 Å². The Morgan fingerprint density at radius 3 is 2.90 bits per heavy atom. The summed E-state index contributed by atoms with van der Waals surface area (Å²) < 4.78 is 0. The Kier molecular flexibility index (Phi) is 2.68. The van der Waals surface area contributed by atoms with Crippen LogP contribution in [0.15, 0.2) is 0 Å². The number of nitrogens with one attached hydrogen (secondary N) is 1. The fourth-order valence-corrected chi connectivity index (χ4v) is 0.790. The summed E-state index contributed by atoms with van der Waals surface area (Å²) in [5.41, 5.74) is 0. The number of hydrogen-bond acceptors (Lipinski definition) is 1. The number of carbonyl (C=O) groups is 1. The Morgan fingerprint density at radius 2 is 2.40 bits per heavy atom. The van der Waals surface area contributed by atoms with Gasteiger partial charge in [-0.15, -0.1) is 0 Å². The largest absolute Gasteiger partial charge is 0.348 e. The van der Waals surface area contributed by atoms with Crippen LogP contribution in [0.2, 0.25) is 0 Å². The molecule has 58 valence electrons. The van der Waals surface area contributed by atoms with Gasteiger partial charge >= 0.3 is 0 Å². The SMILES string of the molecule is CC[NH2+]CC(=O)NC1CC1. The molecule has 3 N–H and O–H groups in total. The van der Waals surface area contributed by atoms with Crippen LogP contribution in [0.3, 0.4) is 0 Å². The zero-order valence-electron chi connectivity index (χ0n) is 6.39. The standard InChI is InChI=1S/C7H14N2O/c1-2-8-5-7(10)9-6-3-4-6/h6,8H,2-5H2,1H3,(H,9,10)/p+1. The van der Waals surface area contributed by atoms with Crippen LogP contribution in [0, 0.1) is 0 Å². The van der Waals surface area contributed by atoms with Gasteiger partial charge in [0.2, 0.25) is 0 Å². The molecule has 0 aliphatic heterocycles. The second-order valence-electron chi connectivity index (χ2n) is 2.74. The number of rotatable bonds is 4. The maximum absolute atomic E-state index is 10.9. The fourth-order valence-electron chi connectivity index (χ4n) is 0.790. The highest BCUT2D eigenvalue weighted by atomic mass is 16.2. The normalized spacial score (nSPS) is 16.9. The molecule has 0 unspecified atom stereocenters. The molecule has 0 aromatic rings. The van der Waals surface area contributed by atoms with Crippen molar-refractivity contribution < 1.29 is 10.1 Å². The average Bonchev–Trinajstić information content (AvgIpc) is 2.67. The van der Waals surface area contributed by atoms with Crippen molar-refractivity contribution in [1.29, 1.82) is 0 Å². The predicted molar refractivity (Wildman–Crippen MR) is 38.5 cm³/mol. The fraction of sp³-hybridized carbons (Fsp3) is 0.857. The van der Waals surface area contributed by atoms with Crippen molar-refractivity contribution in [3.05, 3.63) is 0 Å². The van der Waals surface area contributed by atoms with E-state index in [-0.39, 0.29) is 5.91 Å². The number of nitrogens with two attached hydrogens (primary N) is 1. The van der Waals surface area contributed by atoms with Crippen molar-refractivity contribution in [2.45, 2.75) is 25.8 Å². The second-order valence-corrected chi connectivity index (χ2v) is 2.74. The van der Waals surface area contributed by atoms with Gasteiger partial charge in [-0.05, 0) is 19.8 Å². The molecule has 0 spiro atoms. The van der Waals surface area contributed by atoms with E-state index in [9.17, 15) is 4.79 Å². The zero-order valence-corrected chi connectivity index (χ0v) is 6.39. The maximum atomic E-state index is 10.9. The van der Waals surface area contributed by atoms with Crippen molar-refractivity contribution in [3.63, 3.8) is 0 Å². The Hall–Kier alpha value is -0.570. The first-order chi connectivity index (χ1) is 4.83. The van der Waals surface area contributed by atoms with E-state index in [0.29, 0.717) is 12.6 Å². The molecule has 0 bridgehead atoms. The lowest BCUT2D eigenvalue weighted by molar-refractivity contribution is -0.640. The highest BCUT2D eigenvalue weighted by Crippen LogP contribution is 2.17. The summed E-state index contributed by atoms with van der Waals surface area (Å²) in [6.07, 6.45) is 2.36. The van der Waals surface area contributed by atoms with Crippen molar-refractivity contribution in [3.8, 4) is 0 Å². The van der Waals surface area contributed by atoms with Gasteiger partial charge in [0, 0.05) is 6.04 Å². The van der Waals surface area contributed by atoms with E-state index in [1.807, 2.05) is 12.2 Å². The van der Waals surface area contributed by atoms with Crippen LogP contribution in [0.5, 0.6) is 0 Å². The molecule has 0 aromatic heterocycles. The van der Waals surface area contributed by atoms with Gasteiger partial charge in [-0.2, -0.15) is 0 Å². The summed E-state index contributed by atoms with van der Waals surface area (Å²) in [5.74, 6) is 0.185. The van der Waals surface area contributed by atoms with Crippen LogP contribution < -0.4 is 10.6 Å². The summed E-state index contributed by atoms with van der Waals surface area (Å²) in [5, 5.41) is 4.92. The quantitative estimate of drug-likeness (QED) is 0.513. The Labute approximate surface area is 61.2 Å². The summed E-state index contributed by atoms with van der Waals surface area (Å²) in [6.45, 7) is 3.62. The third-order valence-corrected chi connectivity index (χ3v) is 1.56. The molecule has 10 heavy (non-hydrogen) atoms. The minimum absolute atomic E-state index is 0.185. The average molecular weight is 143 g/mol. The van der Waals surface area contributed by atoms with Crippen LogP contribution in [-0.2, 0) is 4.79 Å². The third kappa shape index (κ3) is 2.82. The van der Waals surface area contributed by atoms with Crippen LogP contribution in [0.25, 0.3) is 0 Å². The van der Waals surface area contributed by atoms with Gasteiger partial charge < -0.3 is 10.6 Å². The van der Waals surface area contributed by atoms with E-state index in [2.05, 4.69) is 5.32 Å². The molecular weight excluding hydrogens is 128 g/mol. The maximum Gasteiger partial charge on any atom is 0.275 e. The van der Waals surface area contributed by atoms with Crippen LogP contribution in [0.4, 0.5) is 0 Å². The van der Waals surface area contributed by atoms with Gasteiger partial charge in [-0.3, -0.25) is 4.79 Å². The lowest BCUT2D eigenvalue weighted by atomic mass is 10.5. The molecule has 0 saturated heterocycles. The van der Waals surface area contributed by atoms with Gasteiger partial charge in [0.25, 0.3) is 5.91 Å². The third-order valence-electron chi connectivity index (χ3n) is 1.56. The summed E-state index contributed by atoms with van der Waals surface area (Å²) in [4.78, 5) is 10.9. The Morgan fingerprint density at radius 1 is 1.70 bits per heavy atom. The Bertz CT molecular complexity index is 121. The van der Waals surface area contributed by atoms with Gasteiger partial charge in [0.05, 0.1) is 6.54 Å². The monoisotopic (exact) mass is 143 g/mol. The topological polar surface area (TPSA) is 45.7 Å². The van der Waals surface area contributed by atoms with Crippen molar-refractivity contribution in [1.82, 2.24) is 5.32 Å². The van der Waals surface area contributed by atoms with E-state index in [1.54, 1.807) is 0 Å². The van der Waals surface area contributed by atoms with Gasteiger partial charge in [0.1, 0.15) is 0 Å². The van der Waals surface area contributed by atoms with Crippen LogP contribution >= 0.6 is 0 Å². The highest BCUT2D eigenvalue weighted by molar-refractivity contribution is 5.77. The lowest BCUT2D eigenvalue weighted by Gasteiger charge is -1.99. The van der Waals surface area contributed by atoms with E-state index >= 15 is 0 Å². The molecule has 1 rings (SSSR count). The minimum atomic E-state index is 0.185. The van der Waals surface area contributed by atoms with E-state index in [0.717, 1.165) is 6.54 Å². The summed E-state index contributed by atoms with van der Waals surface area (Å²) in [6, 6.07) is 0.512. The minimum Gasteiger partial charge on any atom is -0.348 e. The lowest BCUT2D eigenvalue weighted by Crippen LogP contribution is -2.86. The molecule has 1 saturated carbocycles. The second kappa shape index (κ2) is 3.56. The predicted octanol–water partition coefficient (Wildman–Crippen LogP) is -1.15. The van der Waals surface area contributed by atoms with Gasteiger partial charge in [-0.25, -0.2) is 0 Å². The van der Waals surface area contributed by atoms with Gasteiger partial charge in [-0.1, -0.05) is 0 Å². The summed E-state index contributed by atoms with van der Waals surface area (Å²) in [7, 11) is 0. The number of quaternary nitrogens is 1. The van der Waals surface area contributed by atoms with Crippen molar-refractivity contribution >= 4 is 5.91 Å². The molecule has 3 nitrogen and oxygen atoms in total. The molecule has 0 aromatic carbocycles. The molecule has 1 amide bonds. The first-order valence-corrected chi connectivity index (χ1v) is 3.94. The van der Waals surface area contributed by atoms with Crippen LogP contribution in [0.1, 0.15) is 19.8 Å². The first-order valence-electron chi connectivity index (χ1n) is 3.94. The summed E-state index contributed by atoms with van der Waals surface area (Å²) >= 11 is 0.